The van der Waals surface area contributed by atoms with Gasteiger partial charge in [-0.25, -0.2) is 0 Å². The van der Waals surface area contributed by atoms with Crippen LogP contribution in [0.2, 0.25) is 0 Å². The number of fused-ring (bicyclic) bond motifs is 2. The zero-order chi connectivity index (χ0) is 11.9. The van der Waals surface area contributed by atoms with Gasteiger partial charge >= 0.3 is 0 Å². The van der Waals surface area contributed by atoms with Crippen molar-refractivity contribution in [1.82, 2.24) is 4.90 Å². The Labute approximate surface area is 104 Å². The quantitative estimate of drug-likeness (QED) is 0.729. The van der Waals surface area contributed by atoms with Crippen molar-refractivity contribution >= 4 is 10.9 Å². The first-order valence-electron chi connectivity index (χ1n) is 6.79. The topological polar surface area (TPSA) is 3.24 Å². The van der Waals surface area contributed by atoms with Crippen LogP contribution >= 0.6 is 10.9 Å². The highest BCUT2D eigenvalue weighted by atomic mass is 32.2. The summed E-state index contributed by atoms with van der Waals surface area (Å²) in [4.78, 5) is 2.84. The van der Waals surface area contributed by atoms with Gasteiger partial charge in [-0.1, -0.05) is 20.8 Å². The maximum atomic E-state index is 2.84. The Morgan fingerprint density at radius 2 is 1.56 bits per heavy atom. The van der Waals surface area contributed by atoms with Gasteiger partial charge in [0, 0.05) is 18.6 Å². The maximum Gasteiger partial charge on any atom is 0.0109 e. The second-order valence-electron chi connectivity index (χ2n) is 7.21. The first kappa shape index (κ1) is 12.8. The van der Waals surface area contributed by atoms with Gasteiger partial charge in [0.2, 0.25) is 0 Å². The molecule has 96 valence electrons. The normalized spacial score (nSPS) is 36.6. The van der Waals surface area contributed by atoms with E-state index in [1.165, 1.54) is 32.2 Å². The molecule has 0 aliphatic carbocycles. The van der Waals surface area contributed by atoms with Gasteiger partial charge in [0.15, 0.2) is 0 Å². The van der Waals surface area contributed by atoms with Crippen LogP contribution in [0.25, 0.3) is 0 Å². The molecule has 2 fully saturated rings. The van der Waals surface area contributed by atoms with Crippen LogP contribution in [-0.4, -0.2) is 41.3 Å². The number of nitrogens with zero attached hydrogens (tertiary/aromatic N) is 1. The smallest absolute Gasteiger partial charge is 0.0109 e. The molecule has 2 saturated heterocycles. The highest BCUT2D eigenvalue weighted by Crippen LogP contribution is 2.44. The summed E-state index contributed by atoms with van der Waals surface area (Å²) in [7, 11) is 0.289. The molecule has 16 heavy (non-hydrogen) atoms. The Balaban J connectivity index is 2.00. The summed E-state index contributed by atoms with van der Waals surface area (Å²) >= 11 is 0. The Kier molecular flexibility index (Phi) is 3.61. The van der Waals surface area contributed by atoms with E-state index in [0.717, 1.165) is 17.3 Å². The van der Waals surface area contributed by atoms with Crippen molar-refractivity contribution in [3.05, 3.63) is 0 Å². The maximum absolute atomic E-state index is 2.84. The van der Waals surface area contributed by atoms with E-state index < -0.39 is 0 Å². The molecule has 2 aliphatic heterocycles. The highest BCUT2D eigenvalue weighted by molar-refractivity contribution is 8.16. The van der Waals surface area contributed by atoms with Crippen molar-refractivity contribution in [3.8, 4) is 0 Å². The van der Waals surface area contributed by atoms with E-state index in [9.17, 15) is 0 Å². The van der Waals surface area contributed by atoms with Gasteiger partial charge in [-0.2, -0.15) is 0 Å². The molecule has 0 N–H and O–H groups in total. The van der Waals surface area contributed by atoms with Crippen LogP contribution in [0.15, 0.2) is 0 Å². The largest absolute Gasteiger partial charge is 0.297 e. The summed E-state index contributed by atoms with van der Waals surface area (Å²) in [5, 5.41) is 1.06. The summed E-state index contributed by atoms with van der Waals surface area (Å²) in [5.74, 6) is 0. The number of hydrogen-bond donors (Lipinski definition) is 1. The molecule has 0 aromatic rings. The zero-order valence-electron chi connectivity index (χ0n) is 11.7. The van der Waals surface area contributed by atoms with Crippen molar-refractivity contribution in [2.75, 3.05) is 19.1 Å². The van der Waals surface area contributed by atoms with Crippen LogP contribution in [-0.2, 0) is 0 Å². The third-order valence-electron chi connectivity index (χ3n) is 4.25. The molecular weight excluding hydrogens is 214 g/mol. The lowest BCUT2D eigenvalue weighted by Gasteiger charge is -2.43. The van der Waals surface area contributed by atoms with Crippen LogP contribution in [0.4, 0.5) is 0 Å². The molecule has 0 saturated carbocycles. The fourth-order valence-corrected chi connectivity index (χ4v) is 4.80. The predicted octanol–water partition coefficient (Wildman–Crippen LogP) is 3.29. The number of piperidine rings is 1. The minimum absolute atomic E-state index is 0.289. The van der Waals surface area contributed by atoms with Gasteiger partial charge in [0.05, 0.1) is 0 Å². The summed E-state index contributed by atoms with van der Waals surface area (Å²) < 4.78 is 0. The SMILES string of the molecule is C[SH](C)C1CC2CCC(C1)N2CC(C)(C)C. The Bertz CT molecular complexity index is 230. The van der Waals surface area contributed by atoms with E-state index >= 15 is 0 Å². The average molecular weight is 243 g/mol. The van der Waals surface area contributed by atoms with Gasteiger partial charge in [-0.05, 0) is 48.9 Å². The minimum Gasteiger partial charge on any atom is -0.297 e. The van der Waals surface area contributed by atoms with Crippen LogP contribution in [0.3, 0.4) is 0 Å². The van der Waals surface area contributed by atoms with Gasteiger partial charge in [0.1, 0.15) is 0 Å². The number of thiol groups is 1. The van der Waals surface area contributed by atoms with Crippen molar-refractivity contribution < 1.29 is 0 Å². The predicted molar refractivity (Wildman–Crippen MR) is 76.8 cm³/mol. The lowest BCUT2D eigenvalue weighted by Crippen LogP contribution is -2.47. The molecule has 2 heteroatoms. The first-order valence-corrected chi connectivity index (χ1v) is 9.09. The lowest BCUT2D eigenvalue weighted by atomic mass is 9.92. The first-order chi connectivity index (χ1) is 7.37. The third-order valence-corrected chi connectivity index (χ3v) is 6.13. The summed E-state index contributed by atoms with van der Waals surface area (Å²) in [5.41, 5.74) is 0.469. The van der Waals surface area contributed by atoms with Gasteiger partial charge in [-0.3, -0.25) is 15.8 Å². The van der Waals surface area contributed by atoms with Gasteiger partial charge in [0.25, 0.3) is 0 Å². The fourth-order valence-electron chi connectivity index (χ4n) is 3.47. The average Bonchev–Trinajstić information content (AvgIpc) is 2.39. The summed E-state index contributed by atoms with van der Waals surface area (Å²) in [6.45, 7) is 8.45. The third kappa shape index (κ3) is 2.76. The molecule has 2 heterocycles. The van der Waals surface area contributed by atoms with Gasteiger partial charge < -0.3 is 0 Å². The molecule has 0 aromatic carbocycles. The molecule has 0 radical (unpaired) electrons. The summed E-state index contributed by atoms with van der Waals surface area (Å²) in [6.07, 6.45) is 10.9. The van der Waals surface area contributed by atoms with E-state index in [-0.39, 0.29) is 10.9 Å². The van der Waals surface area contributed by atoms with E-state index in [1.807, 2.05) is 0 Å². The molecule has 0 aromatic heterocycles. The molecule has 0 amide bonds. The van der Waals surface area contributed by atoms with Crippen LogP contribution in [0.1, 0.15) is 46.5 Å². The van der Waals surface area contributed by atoms with Crippen molar-refractivity contribution in [2.45, 2.75) is 63.8 Å². The molecule has 1 nitrogen and oxygen atoms in total. The number of rotatable bonds is 2. The fraction of sp³-hybridized carbons (Fsp3) is 1.00. The molecule has 2 atom stereocenters. The molecule has 2 rings (SSSR count). The lowest BCUT2D eigenvalue weighted by molar-refractivity contribution is 0.0986. The Morgan fingerprint density at radius 1 is 1.06 bits per heavy atom. The molecular formula is C14H29NS. The summed E-state index contributed by atoms with van der Waals surface area (Å²) in [6, 6.07) is 1.85. The monoisotopic (exact) mass is 243 g/mol. The molecule has 2 unspecified atom stereocenters. The van der Waals surface area contributed by atoms with E-state index in [2.05, 4.69) is 38.2 Å². The Morgan fingerprint density at radius 3 is 1.94 bits per heavy atom. The van der Waals surface area contributed by atoms with Crippen molar-refractivity contribution in [3.63, 3.8) is 0 Å². The zero-order valence-corrected chi connectivity index (χ0v) is 12.6. The van der Waals surface area contributed by atoms with E-state index in [0.29, 0.717) is 5.41 Å². The molecule has 2 aliphatic rings. The highest BCUT2D eigenvalue weighted by Gasteiger charge is 2.41. The van der Waals surface area contributed by atoms with Crippen molar-refractivity contribution in [2.24, 2.45) is 5.41 Å². The van der Waals surface area contributed by atoms with E-state index in [4.69, 9.17) is 0 Å². The van der Waals surface area contributed by atoms with Crippen LogP contribution in [0.5, 0.6) is 0 Å². The van der Waals surface area contributed by atoms with Crippen LogP contribution in [0, 0.1) is 5.41 Å². The van der Waals surface area contributed by atoms with E-state index in [1.54, 1.807) is 0 Å². The molecule has 0 spiro atoms. The minimum atomic E-state index is 0.289. The van der Waals surface area contributed by atoms with Gasteiger partial charge in [-0.15, -0.1) is 0 Å². The standard InChI is InChI=1S/C14H29NS/c1-14(2,3)10-15-11-6-7-12(15)9-13(8-11)16(4)5/h11-13,16H,6-10H2,1-5H3. The second kappa shape index (κ2) is 4.53. The Hall–Kier alpha value is 0.310. The van der Waals surface area contributed by atoms with Crippen molar-refractivity contribution in [1.29, 1.82) is 0 Å². The second-order valence-corrected chi connectivity index (χ2v) is 9.86. The van der Waals surface area contributed by atoms with Crippen LogP contribution < -0.4 is 0 Å². The molecule has 2 bridgehead atoms. The number of hydrogen-bond acceptors (Lipinski definition) is 1.